The van der Waals surface area contributed by atoms with Crippen molar-refractivity contribution in [2.24, 2.45) is 0 Å². The summed E-state index contributed by atoms with van der Waals surface area (Å²) in [5.74, 6) is 0. The van der Waals surface area contributed by atoms with E-state index in [2.05, 4.69) is 4.98 Å². The summed E-state index contributed by atoms with van der Waals surface area (Å²) in [6, 6.07) is 9.34. The molecule has 0 saturated carbocycles. The van der Waals surface area contributed by atoms with Gasteiger partial charge in [-0.15, -0.1) is 0 Å². The standard InChI is InChI=1S/C36H24N2/c1-2-8-24(9-3-1)25-14-18-28(19-15-25)38-35-13-7-5-11-30(35)32-23-27(17-21-36(32)38)26-16-20-34-31(22-26)29-10-4-6-12-33(29)37-34/h1-23,37H/i4D,5D,6D,7D,10D,11D,12D,13D,16D,17D,20D,21D,22D,23D. The first kappa shape index (κ1) is 11.5. The smallest absolute Gasteiger partial charge is 0.0645 e. The van der Waals surface area contributed by atoms with Crippen LogP contribution in [-0.2, 0) is 0 Å². The number of H-pyrrole nitrogens is 1. The van der Waals surface area contributed by atoms with Crippen LogP contribution in [0.25, 0.3) is 71.6 Å². The van der Waals surface area contributed by atoms with Gasteiger partial charge in [0.25, 0.3) is 0 Å². The zero-order valence-electron chi connectivity index (χ0n) is 33.6. The summed E-state index contributed by atoms with van der Waals surface area (Å²) in [6.07, 6.45) is 0. The second-order valence-electron chi connectivity index (χ2n) is 8.82. The van der Waals surface area contributed by atoms with Crippen molar-refractivity contribution in [3.63, 3.8) is 0 Å². The van der Waals surface area contributed by atoms with Crippen molar-refractivity contribution in [2.45, 2.75) is 0 Å². The van der Waals surface area contributed by atoms with E-state index in [4.69, 9.17) is 13.7 Å². The Balaban J connectivity index is 1.52. The van der Waals surface area contributed by atoms with Gasteiger partial charge in [0.05, 0.1) is 30.2 Å². The Labute approximate surface area is 240 Å². The van der Waals surface area contributed by atoms with Gasteiger partial charge in [0, 0.05) is 38.3 Å². The molecule has 0 fully saturated rings. The Kier molecular flexibility index (Phi) is 2.50. The van der Waals surface area contributed by atoms with E-state index < -0.39 is 95.7 Å². The van der Waals surface area contributed by atoms with Gasteiger partial charge >= 0.3 is 0 Å². The minimum Gasteiger partial charge on any atom is -0.355 e. The number of hydrogen-bond acceptors (Lipinski definition) is 0. The van der Waals surface area contributed by atoms with Crippen LogP contribution in [0.1, 0.15) is 19.2 Å². The van der Waals surface area contributed by atoms with Gasteiger partial charge in [-0.25, -0.2) is 0 Å². The molecule has 6 aromatic carbocycles. The summed E-state index contributed by atoms with van der Waals surface area (Å²) < 4.78 is 125. The topological polar surface area (TPSA) is 20.7 Å². The molecule has 2 heterocycles. The fraction of sp³-hybridized carbons (Fsp3) is 0. The maximum Gasteiger partial charge on any atom is 0.0645 e. The largest absolute Gasteiger partial charge is 0.355 e. The van der Waals surface area contributed by atoms with Gasteiger partial charge in [0.2, 0.25) is 0 Å². The van der Waals surface area contributed by atoms with Crippen molar-refractivity contribution in [3.05, 3.63) is 139 Å². The highest BCUT2D eigenvalue weighted by Gasteiger charge is 2.14. The van der Waals surface area contributed by atoms with Gasteiger partial charge in [-0.3, -0.25) is 0 Å². The molecule has 8 rings (SSSR count). The number of para-hydroxylation sites is 2. The van der Waals surface area contributed by atoms with Crippen molar-refractivity contribution in [1.29, 1.82) is 0 Å². The predicted octanol–water partition coefficient (Wildman–Crippen LogP) is 9.75. The van der Waals surface area contributed by atoms with E-state index in [1.54, 1.807) is 12.1 Å². The van der Waals surface area contributed by atoms with E-state index in [-0.39, 0.29) is 43.6 Å². The lowest BCUT2D eigenvalue weighted by molar-refractivity contribution is 1.18. The molecule has 0 aliphatic carbocycles. The predicted molar refractivity (Wildman–Crippen MR) is 161 cm³/mol. The Hall–Kier alpha value is -5.08. The number of nitrogens with zero attached hydrogens (tertiary/aromatic N) is 1. The minimum absolute atomic E-state index is 0.0338. The molecule has 0 atom stereocenters. The molecule has 0 aliphatic rings. The summed E-state index contributed by atoms with van der Waals surface area (Å²) >= 11 is 0. The molecule has 0 bridgehead atoms. The number of fused-ring (bicyclic) bond motifs is 6. The van der Waals surface area contributed by atoms with Crippen LogP contribution >= 0.6 is 0 Å². The summed E-state index contributed by atoms with van der Waals surface area (Å²) in [5.41, 5.74) is 1.12. The third-order valence-corrected chi connectivity index (χ3v) is 6.64. The van der Waals surface area contributed by atoms with Gasteiger partial charge in [-0.05, 0) is 70.6 Å². The van der Waals surface area contributed by atoms with E-state index in [9.17, 15) is 5.48 Å². The Morgan fingerprint density at radius 1 is 0.474 bits per heavy atom. The van der Waals surface area contributed by atoms with Gasteiger partial charge in [0.15, 0.2) is 0 Å². The van der Waals surface area contributed by atoms with Crippen LogP contribution in [0.2, 0.25) is 0 Å². The summed E-state index contributed by atoms with van der Waals surface area (Å²) in [7, 11) is 0. The Morgan fingerprint density at radius 2 is 1.11 bits per heavy atom. The number of aromatic nitrogens is 2. The summed E-state index contributed by atoms with van der Waals surface area (Å²) in [4.78, 5) is 2.78. The lowest BCUT2D eigenvalue weighted by atomic mass is 10.0. The van der Waals surface area contributed by atoms with Crippen molar-refractivity contribution < 1.29 is 19.2 Å². The quantitative estimate of drug-likeness (QED) is 0.250. The summed E-state index contributed by atoms with van der Waals surface area (Å²) in [6.45, 7) is 0. The molecule has 1 N–H and O–H groups in total. The van der Waals surface area contributed by atoms with Crippen LogP contribution in [-0.4, -0.2) is 9.55 Å². The number of benzene rings is 6. The molecule has 0 unspecified atom stereocenters. The highest BCUT2D eigenvalue weighted by Crippen LogP contribution is 2.36. The monoisotopic (exact) mass is 498 g/mol. The van der Waals surface area contributed by atoms with E-state index in [0.717, 1.165) is 11.1 Å². The van der Waals surface area contributed by atoms with Crippen LogP contribution in [0.15, 0.2) is 139 Å². The molecule has 38 heavy (non-hydrogen) atoms. The zero-order valence-corrected chi connectivity index (χ0v) is 19.6. The van der Waals surface area contributed by atoms with Crippen LogP contribution in [0.3, 0.4) is 0 Å². The van der Waals surface area contributed by atoms with E-state index in [1.807, 2.05) is 42.5 Å². The Morgan fingerprint density at radius 3 is 1.95 bits per heavy atom. The molecule has 0 aliphatic heterocycles. The lowest BCUT2D eigenvalue weighted by Gasteiger charge is -2.10. The van der Waals surface area contributed by atoms with Crippen molar-refractivity contribution in [1.82, 2.24) is 9.55 Å². The van der Waals surface area contributed by atoms with E-state index >= 15 is 0 Å². The molecule has 0 spiro atoms. The maximum absolute atomic E-state index is 9.52. The van der Waals surface area contributed by atoms with Crippen molar-refractivity contribution in [2.75, 3.05) is 0 Å². The lowest BCUT2D eigenvalue weighted by Crippen LogP contribution is -1.93. The normalized spacial score (nSPS) is 16.8. The average molecular weight is 499 g/mol. The third-order valence-electron chi connectivity index (χ3n) is 6.64. The number of hydrogen-bond donors (Lipinski definition) is 1. The molecular formula is C36H24N2. The van der Waals surface area contributed by atoms with Gasteiger partial charge < -0.3 is 9.55 Å². The van der Waals surface area contributed by atoms with Crippen LogP contribution in [0.5, 0.6) is 0 Å². The van der Waals surface area contributed by atoms with Gasteiger partial charge in [-0.2, -0.15) is 0 Å². The maximum atomic E-state index is 9.52. The molecule has 0 saturated heterocycles. The molecule has 2 aromatic heterocycles. The molecule has 8 aromatic rings. The first-order valence-electron chi connectivity index (χ1n) is 18.9. The molecule has 0 amide bonds. The second kappa shape index (κ2) is 8.22. The number of nitrogens with one attached hydrogen (secondary N) is 1. The van der Waals surface area contributed by atoms with Gasteiger partial charge in [0.1, 0.15) is 0 Å². The molecule has 0 radical (unpaired) electrons. The van der Waals surface area contributed by atoms with Crippen LogP contribution in [0.4, 0.5) is 0 Å². The Bertz CT molecular complexity index is 2880. The van der Waals surface area contributed by atoms with Gasteiger partial charge in [-0.1, -0.05) is 90.8 Å². The molecular weight excluding hydrogens is 460 g/mol. The first-order valence-corrected chi connectivity index (χ1v) is 11.9. The van der Waals surface area contributed by atoms with Crippen molar-refractivity contribution in [3.8, 4) is 27.9 Å². The second-order valence-corrected chi connectivity index (χ2v) is 8.82. The van der Waals surface area contributed by atoms with E-state index in [0.29, 0.717) is 5.69 Å². The SMILES string of the molecule is [2H]c1c([2H])c([2H])c2c([nH]c3c([2H])c([2H])c(-c4c([2H])c([2H])c5c(c4[2H])c4c([2H])c([2H])c([2H])c([2H])c4n5-c4ccc(-c5ccccc5)cc4)c([2H])c32)c1[2H]. The highest BCUT2D eigenvalue weighted by molar-refractivity contribution is 6.11. The third kappa shape index (κ3) is 3.21. The van der Waals surface area contributed by atoms with Crippen LogP contribution < -0.4 is 0 Å². The van der Waals surface area contributed by atoms with Crippen molar-refractivity contribution >= 4 is 43.6 Å². The molecule has 2 nitrogen and oxygen atoms in total. The van der Waals surface area contributed by atoms with E-state index in [1.165, 1.54) is 4.57 Å². The highest BCUT2D eigenvalue weighted by atomic mass is 15.0. The summed E-state index contributed by atoms with van der Waals surface area (Å²) in [5, 5.41) is -0.433. The average Bonchev–Trinajstić information content (AvgIpc) is 3.73. The molecule has 2 heteroatoms. The minimum atomic E-state index is -0.597. The fourth-order valence-electron chi connectivity index (χ4n) is 4.86. The van der Waals surface area contributed by atoms with Crippen LogP contribution in [0, 0.1) is 0 Å². The first-order chi connectivity index (χ1) is 24.7. The zero-order chi connectivity index (χ0) is 37.2. The number of rotatable bonds is 3. The number of aromatic amines is 1. The fourth-order valence-corrected chi connectivity index (χ4v) is 4.86. The molecule has 178 valence electrons.